The Morgan fingerprint density at radius 1 is 0.786 bits per heavy atom. The zero-order valence-corrected chi connectivity index (χ0v) is 24.3. The number of nitrogens with one attached hydrogen (secondary N) is 3. The van der Waals surface area contributed by atoms with E-state index in [1.807, 2.05) is 70.4 Å². The van der Waals surface area contributed by atoms with Gasteiger partial charge in [-0.15, -0.1) is 13.2 Å². The number of nitrogen functional groups attached to an aromatic ring is 2. The highest BCUT2D eigenvalue weighted by molar-refractivity contribution is 6.04. The van der Waals surface area contributed by atoms with Crippen LogP contribution in [-0.4, -0.2) is 35.0 Å². The Labute approximate surface area is 246 Å². The Bertz CT molecular complexity index is 1600. The van der Waals surface area contributed by atoms with Crippen molar-refractivity contribution >= 4 is 62.8 Å². The molecule has 10 nitrogen and oxygen atoms in total. The van der Waals surface area contributed by atoms with Crippen LogP contribution in [0, 0.1) is 0 Å². The van der Waals surface area contributed by atoms with Gasteiger partial charge in [0.1, 0.15) is 11.6 Å². The fourth-order valence-electron chi connectivity index (χ4n) is 3.92. The van der Waals surface area contributed by atoms with Crippen molar-refractivity contribution in [2.45, 2.75) is 13.8 Å². The average molecular weight is 564 g/mol. The van der Waals surface area contributed by atoms with Crippen LogP contribution in [0.1, 0.15) is 24.2 Å². The number of pyridine rings is 1. The third-order valence-electron chi connectivity index (χ3n) is 5.85. The third-order valence-corrected chi connectivity index (χ3v) is 5.85. The Hall–Kier alpha value is -5.64. The minimum Gasteiger partial charge on any atom is -0.383 e. The van der Waals surface area contributed by atoms with E-state index in [4.69, 9.17) is 11.5 Å². The number of hydrogen-bond acceptors (Lipinski definition) is 9. The molecule has 1 amide bonds. The second kappa shape index (κ2) is 14.7. The highest BCUT2D eigenvalue weighted by Crippen LogP contribution is 2.29. The molecule has 42 heavy (non-hydrogen) atoms. The van der Waals surface area contributed by atoms with E-state index < -0.39 is 0 Å². The molecule has 0 bridgehead atoms. The standard InChI is InChI=1S/C28H27N9O.C2H6.C2H4/c1-37(2)21-11-12-23-22(15-21)24(13-14-31-23)32-18-7-9-20(10-8-18)34-27(38)17-3-5-19(6-4-17)33-26-16-25(29)35-28(30)36-26;2*1-2/h3-16H,1-2H3,(H,31,32)(H,34,38)(H5,29,30,33,35,36);1-2H3;1-2H2. The molecule has 5 aromatic rings. The minimum atomic E-state index is -0.218. The van der Waals surface area contributed by atoms with Crippen molar-refractivity contribution < 1.29 is 4.79 Å². The van der Waals surface area contributed by atoms with E-state index in [2.05, 4.69) is 55.0 Å². The fourth-order valence-corrected chi connectivity index (χ4v) is 3.92. The predicted octanol–water partition coefficient (Wildman–Crippen LogP) is 6.82. The molecule has 0 unspecified atom stereocenters. The summed E-state index contributed by atoms with van der Waals surface area (Å²) < 4.78 is 0. The SMILES string of the molecule is C=C.CC.CN(C)c1ccc2nccc(Nc3ccc(NC(=O)c4ccc(Nc5cc(N)nc(N)n5)cc4)cc3)c2c1. The van der Waals surface area contributed by atoms with Crippen molar-refractivity contribution in [1.29, 1.82) is 0 Å². The molecule has 2 aromatic heterocycles. The summed E-state index contributed by atoms with van der Waals surface area (Å²) in [6.45, 7) is 10.0. The molecule has 0 aliphatic rings. The number of rotatable bonds is 7. The van der Waals surface area contributed by atoms with Crippen molar-refractivity contribution in [3.63, 3.8) is 0 Å². The van der Waals surface area contributed by atoms with Crippen LogP contribution in [0.25, 0.3) is 10.9 Å². The van der Waals surface area contributed by atoms with Crippen LogP contribution in [0.4, 0.5) is 46.0 Å². The highest BCUT2D eigenvalue weighted by Gasteiger charge is 2.09. The Morgan fingerprint density at radius 2 is 1.40 bits per heavy atom. The van der Waals surface area contributed by atoms with Gasteiger partial charge in [-0.2, -0.15) is 9.97 Å². The van der Waals surface area contributed by atoms with Gasteiger partial charge in [0, 0.05) is 65.7 Å². The van der Waals surface area contributed by atoms with Gasteiger partial charge in [-0.1, -0.05) is 13.8 Å². The Kier molecular flexibility index (Phi) is 10.8. The third kappa shape index (κ3) is 7.95. The van der Waals surface area contributed by atoms with Crippen molar-refractivity contribution in [3.05, 3.63) is 104 Å². The van der Waals surface area contributed by atoms with E-state index in [0.717, 1.165) is 33.7 Å². The number of nitrogens with two attached hydrogens (primary N) is 2. The molecule has 0 aliphatic carbocycles. The van der Waals surface area contributed by atoms with Gasteiger partial charge in [0.05, 0.1) is 5.52 Å². The monoisotopic (exact) mass is 563 g/mol. The first-order valence-electron chi connectivity index (χ1n) is 13.4. The topological polar surface area (TPSA) is 147 Å². The number of nitrogens with zero attached hydrogens (tertiary/aromatic N) is 4. The number of anilines is 8. The molecule has 0 saturated carbocycles. The van der Waals surface area contributed by atoms with Gasteiger partial charge in [-0.25, -0.2) is 0 Å². The van der Waals surface area contributed by atoms with E-state index in [0.29, 0.717) is 17.1 Å². The molecule has 0 saturated heterocycles. The minimum absolute atomic E-state index is 0.0808. The summed E-state index contributed by atoms with van der Waals surface area (Å²) in [5.41, 5.74) is 17.1. The first kappa shape index (κ1) is 30.9. The molecule has 7 N–H and O–H groups in total. The molecular formula is C32H37N9O. The molecule has 3 aromatic carbocycles. The maximum Gasteiger partial charge on any atom is 0.255 e. The number of hydrogen-bond donors (Lipinski definition) is 5. The second-order valence-corrected chi connectivity index (χ2v) is 8.85. The number of fused-ring (bicyclic) bond motifs is 1. The largest absolute Gasteiger partial charge is 0.383 e. The van der Waals surface area contributed by atoms with Crippen molar-refractivity contribution in [2.24, 2.45) is 0 Å². The van der Waals surface area contributed by atoms with Crippen molar-refractivity contribution in [1.82, 2.24) is 15.0 Å². The number of carbonyl (C=O) groups is 1. The molecule has 0 radical (unpaired) electrons. The summed E-state index contributed by atoms with van der Waals surface area (Å²) in [5, 5.41) is 10.5. The molecule has 2 heterocycles. The number of carbonyl (C=O) groups excluding carboxylic acids is 1. The quantitative estimate of drug-likeness (QED) is 0.134. The lowest BCUT2D eigenvalue weighted by atomic mass is 10.1. The van der Waals surface area contributed by atoms with Crippen LogP contribution in [0.15, 0.2) is 98.2 Å². The van der Waals surface area contributed by atoms with Gasteiger partial charge < -0.3 is 32.3 Å². The summed E-state index contributed by atoms with van der Waals surface area (Å²) in [6, 6.07) is 24.2. The maximum absolute atomic E-state index is 12.8. The summed E-state index contributed by atoms with van der Waals surface area (Å²) in [5.74, 6) is 0.602. The maximum atomic E-state index is 12.8. The summed E-state index contributed by atoms with van der Waals surface area (Å²) in [7, 11) is 4.02. The van der Waals surface area contributed by atoms with E-state index >= 15 is 0 Å². The normalized spacial score (nSPS) is 9.90. The zero-order chi connectivity index (χ0) is 30.6. The van der Waals surface area contributed by atoms with Crippen LogP contribution in [0.3, 0.4) is 0 Å². The summed E-state index contributed by atoms with van der Waals surface area (Å²) in [6.07, 6.45) is 1.79. The van der Waals surface area contributed by atoms with Crippen molar-refractivity contribution in [3.8, 4) is 0 Å². The first-order chi connectivity index (χ1) is 20.3. The number of aromatic nitrogens is 3. The molecule has 216 valence electrons. The number of amides is 1. The van der Waals surface area contributed by atoms with Crippen LogP contribution in [0.2, 0.25) is 0 Å². The Morgan fingerprint density at radius 3 is 2.05 bits per heavy atom. The van der Waals surface area contributed by atoms with E-state index in [1.54, 1.807) is 36.5 Å². The zero-order valence-electron chi connectivity index (χ0n) is 24.3. The van der Waals surface area contributed by atoms with Crippen LogP contribution in [0.5, 0.6) is 0 Å². The summed E-state index contributed by atoms with van der Waals surface area (Å²) in [4.78, 5) is 27.2. The van der Waals surface area contributed by atoms with Gasteiger partial charge in [-0.3, -0.25) is 9.78 Å². The Balaban J connectivity index is 0.00000116. The molecule has 0 atom stereocenters. The molecule has 0 spiro atoms. The molecular weight excluding hydrogens is 526 g/mol. The van der Waals surface area contributed by atoms with Gasteiger partial charge in [0.2, 0.25) is 5.95 Å². The van der Waals surface area contributed by atoms with Crippen LogP contribution >= 0.6 is 0 Å². The van der Waals surface area contributed by atoms with E-state index in [1.165, 1.54) is 0 Å². The van der Waals surface area contributed by atoms with E-state index in [-0.39, 0.29) is 17.7 Å². The van der Waals surface area contributed by atoms with Crippen LogP contribution < -0.4 is 32.3 Å². The predicted molar refractivity (Wildman–Crippen MR) is 177 cm³/mol. The lowest BCUT2D eigenvalue weighted by Gasteiger charge is -2.15. The smallest absolute Gasteiger partial charge is 0.255 e. The van der Waals surface area contributed by atoms with Gasteiger partial charge in [0.25, 0.3) is 5.91 Å². The average Bonchev–Trinajstić information content (AvgIpc) is 3.00. The lowest BCUT2D eigenvalue weighted by Crippen LogP contribution is -2.11. The van der Waals surface area contributed by atoms with Crippen LogP contribution in [-0.2, 0) is 0 Å². The van der Waals surface area contributed by atoms with Gasteiger partial charge >= 0.3 is 0 Å². The first-order valence-corrected chi connectivity index (χ1v) is 13.4. The second-order valence-electron chi connectivity index (χ2n) is 8.85. The molecule has 0 fully saturated rings. The van der Waals surface area contributed by atoms with Crippen molar-refractivity contribution in [2.75, 3.05) is 46.4 Å². The molecule has 10 heteroatoms. The van der Waals surface area contributed by atoms with E-state index in [9.17, 15) is 4.79 Å². The molecule has 5 rings (SSSR count). The molecule has 0 aliphatic heterocycles. The van der Waals surface area contributed by atoms with Gasteiger partial charge in [0.15, 0.2) is 0 Å². The number of benzene rings is 3. The highest BCUT2D eigenvalue weighted by atomic mass is 16.1. The fraction of sp³-hybridized carbons (Fsp3) is 0.125. The lowest BCUT2D eigenvalue weighted by molar-refractivity contribution is 0.102. The van der Waals surface area contributed by atoms with Gasteiger partial charge in [-0.05, 0) is 72.8 Å². The summed E-state index contributed by atoms with van der Waals surface area (Å²) >= 11 is 0.